The monoisotopic (exact) mass is 279 g/mol. The highest BCUT2D eigenvalue weighted by Gasteiger charge is 2.27. The lowest BCUT2D eigenvalue weighted by Crippen LogP contribution is -2.40. The molecule has 0 atom stereocenters. The van der Waals surface area contributed by atoms with Gasteiger partial charge in [-0.15, -0.1) is 0 Å². The minimum atomic E-state index is -3.62. The number of nitrogens with one attached hydrogen (secondary N) is 2. The average Bonchev–Trinajstić information content (AvgIpc) is 2.75. The van der Waals surface area contributed by atoms with E-state index in [1.807, 2.05) is 0 Å². The van der Waals surface area contributed by atoms with Gasteiger partial charge >= 0.3 is 0 Å². The summed E-state index contributed by atoms with van der Waals surface area (Å²) < 4.78 is 48.4. The van der Waals surface area contributed by atoms with E-state index >= 15 is 0 Å². The molecule has 0 bridgehead atoms. The van der Waals surface area contributed by atoms with Crippen molar-refractivity contribution in [2.75, 3.05) is 11.5 Å². The first-order valence-corrected chi connectivity index (χ1v) is 8.42. The molecule has 17 heavy (non-hydrogen) atoms. The Morgan fingerprint density at radius 3 is 2.53 bits per heavy atom. The fourth-order valence-electron chi connectivity index (χ4n) is 1.68. The Hall–Kier alpha value is -0.930. The summed E-state index contributed by atoms with van der Waals surface area (Å²) in [5, 5.41) is 5.92. The van der Waals surface area contributed by atoms with Crippen molar-refractivity contribution >= 4 is 19.9 Å². The van der Waals surface area contributed by atoms with Crippen LogP contribution in [0.1, 0.15) is 12.8 Å². The van der Waals surface area contributed by atoms with Crippen LogP contribution in [0.15, 0.2) is 17.3 Å². The van der Waals surface area contributed by atoms with Gasteiger partial charge in [0.05, 0.1) is 17.7 Å². The van der Waals surface area contributed by atoms with Gasteiger partial charge in [0.1, 0.15) is 9.84 Å². The van der Waals surface area contributed by atoms with Crippen LogP contribution in [0.4, 0.5) is 0 Å². The van der Waals surface area contributed by atoms with Crippen LogP contribution in [-0.2, 0) is 19.9 Å². The van der Waals surface area contributed by atoms with Crippen molar-refractivity contribution in [2.24, 2.45) is 0 Å². The van der Waals surface area contributed by atoms with Crippen LogP contribution >= 0.6 is 0 Å². The van der Waals surface area contributed by atoms with E-state index in [1.54, 1.807) is 0 Å². The van der Waals surface area contributed by atoms with Gasteiger partial charge in [0.15, 0.2) is 5.03 Å². The molecule has 2 N–H and O–H groups in total. The lowest BCUT2D eigenvalue weighted by atomic mass is 10.2. The molecule has 0 unspecified atom stereocenters. The third-order valence-corrected chi connectivity index (χ3v) is 5.81. The van der Waals surface area contributed by atoms with Gasteiger partial charge in [-0.3, -0.25) is 5.10 Å². The molecule has 0 aromatic carbocycles. The first-order chi connectivity index (χ1) is 7.89. The van der Waals surface area contributed by atoms with E-state index in [2.05, 4.69) is 14.9 Å². The lowest BCUT2D eigenvalue weighted by Gasteiger charge is -2.22. The number of H-pyrrole nitrogens is 1. The molecule has 7 nitrogen and oxygen atoms in total. The van der Waals surface area contributed by atoms with Gasteiger partial charge in [-0.05, 0) is 18.9 Å². The summed E-state index contributed by atoms with van der Waals surface area (Å²) in [6.07, 6.45) is 1.98. The van der Waals surface area contributed by atoms with Gasteiger partial charge < -0.3 is 0 Å². The third-order valence-electron chi connectivity index (χ3n) is 2.64. The normalized spacial score (nSPS) is 21.4. The quantitative estimate of drug-likeness (QED) is 0.758. The molecule has 1 aromatic rings. The lowest BCUT2D eigenvalue weighted by molar-refractivity contribution is 0.503. The molecule has 0 spiro atoms. The van der Waals surface area contributed by atoms with Crippen molar-refractivity contribution in [2.45, 2.75) is 23.9 Å². The largest absolute Gasteiger partial charge is 0.266 e. The molecular formula is C8H13N3O4S2. The maximum absolute atomic E-state index is 11.8. The average molecular weight is 279 g/mol. The summed E-state index contributed by atoms with van der Waals surface area (Å²) in [6, 6.07) is 1.02. The first kappa shape index (κ1) is 12.5. The van der Waals surface area contributed by atoms with Gasteiger partial charge in [0, 0.05) is 6.04 Å². The van der Waals surface area contributed by atoms with Crippen LogP contribution in [0.5, 0.6) is 0 Å². The van der Waals surface area contributed by atoms with Gasteiger partial charge in [-0.2, -0.15) is 5.10 Å². The van der Waals surface area contributed by atoms with E-state index in [0.717, 1.165) is 0 Å². The molecule has 0 aliphatic carbocycles. The maximum Gasteiger partial charge on any atom is 0.257 e. The summed E-state index contributed by atoms with van der Waals surface area (Å²) >= 11 is 0. The Morgan fingerprint density at radius 1 is 1.35 bits per heavy atom. The first-order valence-electron chi connectivity index (χ1n) is 5.11. The molecule has 0 saturated carbocycles. The summed E-state index contributed by atoms with van der Waals surface area (Å²) in [6.45, 7) is 0. The van der Waals surface area contributed by atoms with E-state index in [9.17, 15) is 16.8 Å². The SMILES string of the molecule is O=S1(=O)CCC(NS(=O)(=O)c2ccn[nH]2)CC1. The zero-order chi connectivity index (χ0) is 12.5. The van der Waals surface area contributed by atoms with Crippen LogP contribution in [0.2, 0.25) is 0 Å². The second kappa shape index (κ2) is 4.39. The number of nitrogens with zero attached hydrogens (tertiary/aromatic N) is 1. The van der Waals surface area contributed by atoms with Crippen molar-refractivity contribution in [1.82, 2.24) is 14.9 Å². The number of hydrogen-bond acceptors (Lipinski definition) is 5. The molecule has 1 saturated heterocycles. The van der Waals surface area contributed by atoms with Crippen LogP contribution in [-0.4, -0.2) is 44.6 Å². The molecule has 2 heterocycles. The zero-order valence-electron chi connectivity index (χ0n) is 8.96. The molecule has 1 aliphatic rings. The van der Waals surface area contributed by atoms with Gasteiger partial charge in [-0.25, -0.2) is 21.6 Å². The molecule has 0 amide bonds. The van der Waals surface area contributed by atoms with Crippen LogP contribution in [0.25, 0.3) is 0 Å². The minimum absolute atomic E-state index is 0.00840. The zero-order valence-corrected chi connectivity index (χ0v) is 10.6. The highest BCUT2D eigenvalue weighted by Crippen LogP contribution is 2.14. The Morgan fingerprint density at radius 2 is 2.00 bits per heavy atom. The molecular weight excluding hydrogens is 266 g/mol. The molecule has 1 aromatic heterocycles. The van der Waals surface area contributed by atoms with Crippen molar-refractivity contribution in [3.05, 3.63) is 12.3 Å². The summed E-state index contributed by atoms with van der Waals surface area (Å²) in [5.74, 6) is 0.0618. The second-order valence-corrected chi connectivity index (χ2v) is 7.95. The summed E-state index contributed by atoms with van der Waals surface area (Å²) in [4.78, 5) is 0. The van der Waals surface area contributed by atoms with Crippen LogP contribution in [0, 0.1) is 0 Å². The van der Waals surface area contributed by atoms with E-state index in [4.69, 9.17) is 0 Å². The minimum Gasteiger partial charge on any atom is -0.266 e. The number of sulfone groups is 1. The number of aromatic amines is 1. The van der Waals surface area contributed by atoms with Gasteiger partial charge in [-0.1, -0.05) is 0 Å². The predicted octanol–water partition coefficient (Wildman–Crippen LogP) is -0.735. The highest BCUT2D eigenvalue weighted by molar-refractivity contribution is 7.91. The summed E-state index contributed by atoms with van der Waals surface area (Å²) in [7, 11) is -6.60. The van der Waals surface area contributed by atoms with E-state index < -0.39 is 19.9 Å². The van der Waals surface area contributed by atoms with E-state index in [1.165, 1.54) is 12.3 Å². The van der Waals surface area contributed by atoms with Gasteiger partial charge in [0.2, 0.25) is 0 Å². The van der Waals surface area contributed by atoms with Crippen molar-refractivity contribution in [1.29, 1.82) is 0 Å². The van der Waals surface area contributed by atoms with E-state index in [-0.39, 0.29) is 22.6 Å². The number of sulfonamides is 1. The molecule has 0 radical (unpaired) electrons. The fourth-order valence-corrected chi connectivity index (χ4v) is 4.39. The molecule has 96 valence electrons. The molecule has 1 fully saturated rings. The maximum atomic E-state index is 11.8. The summed E-state index contributed by atoms with van der Waals surface area (Å²) in [5.41, 5.74) is 0. The Balaban J connectivity index is 2.04. The Bertz CT molecular complexity index is 562. The number of hydrogen-bond donors (Lipinski definition) is 2. The topological polar surface area (TPSA) is 109 Å². The van der Waals surface area contributed by atoms with Crippen molar-refractivity contribution in [3.63, 3.8) is 0 Å². The van der Waals surface area contributed by atoms with Crippen LogP contribution < -0.4 is 4.72 Å². The highest BCUT2D eigenvalue weighted by atomic mass is 32.2. The number of aromatic nitrogens is 2. The van der Waals surface area contributed by atoms with Crippen molar-refractivity contribution in [3.8, 4) is 0 Å². The Labute approximate surface area is 99.6 Å². The fraction of sp³-hybridized carbons (Fsp3) is 0.625. The van der Waals surface area contributed by atoms with E-state index in [0.29, 0.717) is 12.8 Å². The van der Waals surface area contributed by atoms with Gasteiger partial charge in [0.25, 0.3) is 10.0 Å². The molecule has 2 rings (SSSR count). The number of rotatable bonds is 3. The smallest absolute Gasteiger partial charge is 0.257 e. The standard InChI is InChI=1S/C8H13N3O4S2/c12-16(13)5-2-7(3-6-16)11-17(14,15)8-1-4-9-10-8/h1,4,7,11H,2-3,5-6H2,(H,9,10). The second-order valence-electron chi connectivity index (χ2n) is 3.97. The third kappa shape index (κ3) is 3.05. The predicted molar refractivity (Wildman–Crippen MR) is 60.6 cm³/mol. The molecule has 9 heteroatoms. The molecule has 1 aliphatic heterocycles. The van der Waals surface area contributed by atoms with Crippen molar-refractivity contribution < 1.29 is 16.8 Å². The van der Waals surface area contributed by atoms with Crippen LogP contribution in [0.3, 0.4) is 0 Å². The Kier molecular flexibility index (Phi) is 3.23.